The average Bonchev–Trinajstić information content (AvgIpc) is 3.13. The number of carbonyl (C=O) groups is 6. The molecule has 13 nitrogen and oxygen atoms in total. The molecule has 0 radical (unpaired) electrons. The van der Waals surface area contributed by atoms with E-state index in [9.17, 15) is 33.9 Å². The standard InChI is InChI=1S/C17H28N6O7/c1-8(16(28)23-6-2-3-11(23)17(29)30)21-15(27)10(4-5-12(19)24)22-14(26)9(18)7-13(20)25/h8-11H,2-7,18H2,1H3,(H2,19,24)(H2,20,25)(H,21,27)(H,22,26)(H,29,30). The van der Waals surface area contributed by atoms with Crippen molar-refractivity contribution in [1.82, 2.24) is 15.5 Å². The predicted molar refractivity (Wildman–Crippen MR) is 102 cm³/mol. The van der Waals surface area contributed by atoms with E-state index in [1.165, 1.54) is 11.8 Å². The van der Waals surface area contributed by atoms with Gasteiger partial charge in [-0.2, -0.15) is 0 Å². The second kappa shape index (κ2) is 11.1. The molecule has 1 heterocycles. The highest BCUT2D eigenvalue weighted by Gasteiger charge is 2.37. The zero-order valence-electron chi connectivity index (χ0n) is 16.6. The number of amides is 5. The molecule has 0 aromatic heterocycles. The Bertz CT molecular complexity index is 713. The molecule has 168 valence electrons. The van der Waals surface area contributed by atoms with Gasteiger partial charge in [-0.05, 0) is 26.2 Å². The van der Waals surface area contributed by atoms with Crippen LogP contribution in [-0.4, -0.2) is 76.2 Å². The van der Waals surface area contributed by atoms with Crippen LogP contribution in [0.15, 0.2) is 0 Å². The van der Waals surface area contributed by atoms with Gasteiger partial charge < -0.3 is 37.8 Å². The van der Waals surface area contributed by atoms with Crippen molar-refractivity contribution in [2.75, 3.05) is 6.54 Å². The molecule has 0 aromatic rings. The number of likely N-dealkylation sites (tertiary alicyclic amines) is 1. The van der Waals surface area contributed by atoms with Crippen LogP contribution in [0.25, 0.3) is 0 Å². The summed E-state index contributed by atoms with van der Waals surface area (Å²) in [6.07, 6.45) is -0.0108. The molecule has 9 N–H and O–H groups in total. The molecule has 0 aliphatic carbocycles. The Hall–Kier alpha value is -3.22. The Kier molecular flexibility index (Phi) is 9.17. The number of aliphatic carboxylic acids is 1. The minimum absolute atomic E-state index is 0.168. The van der Waals surface area contributed by atoms with Gasteiger partial charge in [0.15, 0.2) is 0 Å². The highest BCUT2D eigenvalue weighted by atomic mass is 16.4. The molecule has 30 heavy (non-hydrogen) atoms. The average molecular weight is 428 g/mol. The first-order valence-electron chi connectivity index (χ1n) is 9.40. The normalized spacial score (nSPS) is 18.7. The number of nitrogens with one attached hydrogen (secondary N) is 2. The van der Waals surface area contributed by atoms with Crippen LogP contribution in [0.2, 0.25) is 0 Å². The van der Waals surface area contributed by atoms with E-state index in [2.05, 4.69) is 10.6 Å². The van der Waals surface area contributed by atoms with E-state index in [1.54, 1.807) is 0 Å². The maximum Gasteiger partial charge on any atom is 0.326 e. The van der Waals surface area contributed by atoms with Crippen LogP contribution in [-0.2, 0) is 28.8 Å². The van der Waals surface area contributed by atoms with Gasteiger partial charge in [-0.3, -0.25) is 24.0 Å². The third-order valence-corrected chi connectivity index (χ3v) is 4.62. The Morgan fingerprint density at radius 1 is 1.07 bits per heavy atom. The minimum atomic E-state index is -1.30. The van der Waals surface area contributed by atoms with E-state index in [0.717, 1.165) is 0 Å². The number of carboxylic acids is 1. The summed E-state index contributed by atoms with van der Waals surface area (Å²) in [5.74, 6) is -4.87. The molecule has 5 amide bonds. The molecular formula is C17H28N6O7. The SMILES string of the molecule is CC(NC(=O)C(CCC(N)=O)NC(=O)C(N)CC(N)=O)C(=O)N1CCCC1C(=O)O. The minimum Gasteiger partial charge on any atom is -0.480 e. The van der Waals surface area contributed by atoms with E-state index < -0.39 is 66.1 Å². The van der Waals surface area contributed by atoms with E-state index in [0.29, 0.717) is 12.8 Å². The highest BCUT2D eigenvalue weighted by Crippen LogP contribution is 2.18. The summed E-state index contributed by atoms with van der Waals surface area (Å²) < 4.78 is 0. The van der Waals surface area contributed by atoms with Gasteiger partial charge in [0.2, 0.25) is 29.5 Å². The number of hydrogen-bond acceptors (Lipinski definition) is 7. The molecule has 1 fully saturated rings. The van der Waals surface area contributed by atoms with Crippen molar-refractivity contribution in [3.05, 3.63) is 0 Å². The van der Waals surface area contributed by atoms with Crippen molar-refractivity contribution in [2.45, 2.75) is 63.2 Å². The monoisotopic (exact) mass is 428 g/mol. The molecule has 0 spiro atoms. The molecule has 1 aliphatic heterocycles. The van der Waals surface area contributed by atoms with Crippen molar-refractivity contribution < 1.29 is 33.9 Å². The topological polar surface area (TPSA) is 228 Å². The van der Waals surface area contributed by atoms with Crippen molar-refractivity contribution in [3.63, 3.8) is 0 Å². The Morgan fingerprint density at radius 2 is 1.70 bits per heavy atom. The van der Waals surface area contributed by atoms with E-state index in [1.807, 2.05) is 0 Å². The molecule has 4 atom stereocenters. The lowest BCUT2D eigenvalue weighted by molar-refractivity contribution is -0.149. The maximum atomic E-state index is 12.6. The Balaban J connectivity index is 2.81. The third kappa shape index (κ3) is 7.31. The van der Waals surface area contributed by atoms with Crippen LogP contribution >= 0.6 is 0 Å². The number of carboxylic acid groups (broad SMARTS) is 1. The molecule has 1 aliphatic rings. The van der Waals surface area contributed by atoms with Gasteiger partial charge in [-0.25, -0.2) is 4.79 Å². The van der Waals surface area contributed by atoms with Crippen molar-refractivity contribution >= 4 is 35.5 Å². The molecular weight excluding hydrogens is 400 g/mol. The van der Waals surface area contributed by atoms with Crippen LogP contribution in [0.5, 0.6) is 0 Å². The summed E-state index contributed by atoms with van der Waals surface area (Å²) in [5, 5.41) is 13.9. The number of nitrogens with two attached hydrogens (primary N) is 3. The van der Waals surface area contributed by atoms with Crippen LogP contribution in [0.4, 0.5) is 0 Å². The number of rotatable bonds is 11. The molecule has 1 rings (SSSR count). The molecule has 1 saturated heterocycles. The predicted octanol–water partition coefficient (Wildman–Crippen LogP) is -3.48. The van der Waals surface area contributed by atoms with Crippen molar-refractivity contribution in [3.8, 4) is 0 Å². The van der Waals surface area contributed by atoms with Gasteiger partial charge in [-0.15, -0.1) is 0 Å². The summed E-state index contributed by atoms with van der Waals surface area (Å²) in [5.41, 5.74) is 15.6. The fraction of sp³-hybridized carbons (Fsp3) is 0.647. The quantitative estimate of drug-likeness (QED) is 0.193. The Morgan fingerprint density at radius 3 is 2.23 bits per heavy atom. The van der Waals surface area contributed by atoms with Crippen molar-refractivity contribution in [2.24, 2.45) is 17.2 Å². The zero-order valence-corrected chi connectivity index (χ0v) is 16.6. The zero-order chi connectivity index (χ0) is 23.0. The molecule has 13 heteroatoms. The summed E-state index contributed by atoms with van der Waals surface area (Å²) in [4.78, 5) is 71.7. The smallest absolute Gasteiger partial charge is 0.326 e. The molecule has 0 saturated carbocycles. The molecule has 0 bridgehead atoms. The number of primary amides is 2. The first kappa shape index (κ1) is 24.8. The van der Waals surface area contributed by atoms with E-state index in [-0.39, 0.29) is 19.4 Å². The van der Waals surface area contributed by atoms with Crippen molar-refractivity contribution in [1.29, 1.82) is 0 Å². The molecule has 4 unspecified atom stereocenters. The number of carbonyl (C=O) groups excluding carboxylic acids is 5. The maximum absolute atomic E-state index is 12.6. The van der Waals surface area contributed by atoms with E-state index in [4.69, 9.17) is 17.2 Å². The first-order chi connectivity index (χ1) is 13.9. The lowest BCUT2D eigenvalue weighted by Gasteiger charge is -2.27. The van der Waals surface area contributed by atoms with Gasteiger partial charge in [0, 0.05) is 13.0 Å². The van der Waals surface area contributed by atoms with Crippen LogP contribution in [0.1, 0.15) is 39.0 Å². The van der Waals surface area contributed by atoms with Gasteiger partial charge in [-0.1, -0.05) is 0 Å². The summed E-state index contributed by atoms with van der Waals surface area (Å²) in [6.45, 7) is 1.63. The fourth-order valence-electron chi connectivity index (χ4n) is 3.06. The number of nitrogens with zero attached hydrogens (tertiary/aromatic N) is 1. The fourth-order valence-corrected chi connectivity index (χ4v) is 3.06. The van der Waals surface area contributed by atoms with Gasteiger partial charge in [0.1, 0.15) is 18.1 Å². The van der Waals surface area contributed by atoms with Crippen LogP contribution in [0.3, 0.4) is 0 Å². The highest BCUT2D eigenvalue weighted by molar-refractivity contribution is 5.95. The Labute approximate surface area is 172 Å². The largest absolute Gasteiger partial charge is 0.480 e. The van der Waals surface area contributed by atoms with Gasteiger partial charge >= 0.3 is 5.97 Å². The summed E-state index contributed by atoms with van der Waals surface area (Å²) >= 11 is 0. The van der Waals surface area contributed by atoms with Crippen LogP contribution in [0, 0.1) is 0 Å². The van der Waals surface area contributed by atoms with E-state index >= 15 is 0 Å². The van der Waals surface area contributed by atoms with Gasteiger partial charge in [0.05, 0.1) is 12.5 Å². The number of hydrogen-bond donors (Lipinski definition) is 6. The molecule has 0 aromatic carbocycles. The second-order valence-electron chi connectivity index (χ2n) is 7.10. The first-order valence-corrected chi connectivity index (χ1v) is 9.40. The third-order valence-electron chi connectivity index (χ3n) is 4.62. The van der Waals surface area contributed by atoms with Gasteiger partial charge in [0.25, 0.3) is 0 Å². The lowest BCUT2D eigenvalue weighted by Crippen LogP contribution is -2.56. The summed E-state index contributed by atoms with van der Waals surface area (Å²) in [6, 6.07) is -4.60. The van der Waals surface area contributed by atoms with Crippen LogP contribution < -0.4 is 27.8 Å². The summed E-state index contributed by atoms with van der Waals surface area (Å²) in [7, 11) is 0. The lowest BCUT2D eigenvalue weighted by atomic mass is 10.1. The second-order valence-corrected chi connectivity index (χ2v) is 7.10.